The number of aromatic nitrogens is 2. The lowest BCUT2D eigenvalue weighted by Crippen LogP contribution is -2.21. The molecule has 1 aromatic carbocycles. The van der Waals surface area contributed by atoms with E-state index in [0.717, 1.165) is 28.6 Å². The van der Waals surface area contributed by atoms with E-state index in [2.05, 4.69) is 31.0 Å². The molecule has 20 heavy (non-hydrogen) atoms. The summed E-state index contributed by atoms with van der Waals surface area (Å²) < 4.78 is 6.34. The normalized spacial score (nSPS) is 19.6. The van der Waals surface area contributed by atoms with Gasteiger partial charge in [0.2, 0.25) is 11.7 Å². The van der Waals surface area contributed by atoms with Gasteiger partial charge in [-0.2, -0.15) is 4.98 Å². The summed E-state index contributed by atoms with van der Waals surface area (Å²) in [7, 11) is 0. The van der Waals surface area contributed by atoms with Crippen LogP contribution in [0.5, 0.6) is 0 Å². The van der Waals surface area contributed by atoms with E-state index in [1.807, 2.05) is 25.1 Å². The molecule has 1 saturated heterocycles. The number of aliphatic hydroxyl groups is 1. The molecule has 0 saturated carbocycles. The van der Waals surface area contributed by atoms with E-state index >= 15 is 0 Å². The molecule has 1 aliphatic heterocycles. The number of benzene rings is 1. The molecule has 0 bridgehead atoms. The van der Waals surface area contributed by atoms with Crippen LogP contribution in [0, 0.1) is 6.92 Å². The number of likely N-dealkylation sites (tertiary alicyclic amines) is 1. The second kappa shape index (κ2) is 5.63. The Balaban J connectivity index is 1.78. The van der Waals surface area contributed by atoms with Crippen molar-refractivity contribution < 1.29 is 9.63 Å². The molecule has 1 fully saturated rings. The first-order valence-electron chi connectivity index (χ1n) is 6.62. The van der Waals surface area contributed by atoms with Crippen molar-refractivity contribution in [3.8, 4) is 11.4 Å². The maximum Gasteiger partial charge on any atom is 0.241 e. The summed E-state index contributed by atoms with van der Waals surface area (Å²) in [6, 6.07) is 5.93. The van der Waals surface area contributed by atoms with E-state index in [-0.39, 0.29) is 6.10 Å². The molecule has 1 atom stereocenters. The highest BCUT2D eigenvalue weighted by Gasteiger charge is 2.22. The molecule has 5 nitrogen and oxygen atoms in total. The average Bonchev–Trinajstić information content (AvgIpc) is 3.03. The minimum atomic E-state index is -0.232. The van der Waals surface area contributed by atoms with E-state index in [0.29, 0.717) is 24.8 Å². The zero-order valence-corrected chi connectivity index (χ0v) is 12.8. The number of rotatable bonds is 3. The van der Waals surface area contributed by atoms with Crippen molar-refractivity contribution in [3.05, 3.63) is 34.1 Å². The molecule has 1 N–H and O–H groups in total. The van der Waals surface area contributed by atoms with Gasteiger partial charge in [-0.25, -0.2) is 0 Å². The summed E-state index contributed by atoms with van der Waals surface area (Å²) >= 11 is 3.51. The van der Waals surface area contributed by atoms with Gasteiger partial charge >= 0.3 is 0 Å². The lowest BCUT2D eigenvalue weighted by Gasteiger charge is -2.10. The van der Waals surface area contributed by atoms with Gasteiger partial charge in [0.15, 0.2) is 0 Å². The quantitative estimate of drug-likeness (QED) is 0.931. The van der Waals surface area contributed by atoms with Gasteiger partial charge in [-0.05, 0) is 25.0 Å². The van der Waals surface area contributed by atoms with Gasteiger partial charge in [0.05, 0.1) is 12.6 Å². The van der Waals surface area contributed by atoms with E-state index in [1.165, 1.54) is 0 Å². The van der Waals surface area contributed by atoms with Gasteiger partial charge in [0, 0.05) is 23.1 Å². The monoisotopic (exact) mass is 337 g/mol. The average molecular weight is 338 g/mol. The van der Waals surface area contributed by atoms with Crippen LogP contribution >= 0.6 is 15.9 Å². The third-order valence-electron chi connectivity index (χ3n) is 3.58. The molecule has 0 amide bonds. The van der Waals surface area contributed by atoms with E-state index in [9.17, 15) is 5.11 Å². The molecule has 106 valence electrons. The van der Waals surface area contributed by atoms with Crippen LogP contribution in [0.15, 0.2) is 27.2 Å². The number of β-amino-alcohol motifs (C(OH)–C–C–N with tert-alkyl or cyclic N) is 1. The van der Waals surface area contributed by atoms with Gasteiger partial charge in [-0.3, -0.25) is 4.90 Å². The smallest absolute Gasteiger partial charge is 0.241 e. The Morgan fingerprint density at radius 1 is 1.50 bits per heavy atom. The first kappa shape index (κ1) is 13.7. The Morgan fingerprint density at radius 2 is 2.35 bits per heavy atom. The fourth-order valence-corrected chi connectivity index (χ4v) is 2.79. The second-order valence-electron chi connectivity index (χ2n) is 5.10. The molecular formula is C14H16BrN3O2. The minimum absolute atomic E-state index is 0.232. The van der Waals surface area contributed by atoms with Crippen LogP contribution in [0.2, 0.25) is 0 Å². The molecule has 0 radical (unpaired) electrons. The van der Waals surface area contributed by atoms with Gasteiger partial charge in [-0.1, -0.05) is 33.2 Å². The van der Waals surface area contributed by atoms with Crippen molar-refractivity contribution in [1.29, 1.82) is 0 Å². The van der Waals surface area contributed by atoms with Crippen LogP contribution in [0.25, 0.3) is 11.4 Å². The maximum atomic E-state index is 9.51. The summed E-state index contributed by atoms with van der Waals surface area (Å²) in [6.07, 6.45) is 0.579. The Hall–Kier alpha value is -1.24. The lowest BCUT2D eigenvalue weighted by atomic mass is 10.1. The minimum Gasteiger partial charge on any atom is -0.392 e. The molecule has 2 heterocycles. The zero-order chi connectivity index (χ0) is 14.1. The lowest BCUT2D eigenvalue weighted by molar-refractivity contribution is 0.169. The number of hydrogen-bond acceptors (Lipinski definition) is 5. The fourth-order valence-electron chi connectivity index (χ4n) is 2.43. The Kier molecular flexibility index (Phi) is 3.87. The van der Waals surface area contributed by atoms with Crippen molar-refractivity contribution in [3.63, 3.8) is 0 Å². The molecule has 0 aliphatic carbocycles. The molecule has 6 heteroatoms. The Bertz CT molecular complexity index is 614. The third-order valence-corrected chi connectivity index (χ3v) is 4.44. The third kappa shape index (κ3) is 2.77. The maximum absolute atomic E-state index is 9.51. The van der Waals surface area contributed by atoms with Crippen LogP contribution in [0.1, 0.15) is 17.9 Å². The van der Waals surface area contributed by atoms with Crippen molar-refractivity contribution in [1.82, 2.24) is 15.0 Å². The predicted octanol–water partition coefficient (Wildman–Crippen LogP) is 2.37. The standard InChI is InChI=1S/C14H16BrN3O2/c1-9-11(3-2-4-12(9)15)14-16-13(20-17-14)8-18-6-5-10(19)7-18/h2-4,10,19H,5-8H2,1H3/t10-/m1/s1. The summed E-state index contributed by atoms with van der Waals surface area (Å²) in [5.74, 6) is 1.20. The first-order chi connectivity index (χ1) is 9.63. The van der Waals surface area contributed by atoms with E-state index < -0.39 is 0 Å². The predicted molar refractivity (Wildman–Crippen MR) is 78.1 cm³/mol. The van der Waals surface area contributed by atoms with Crippen molar-refractivity contribution in [2.24, 2.45) is 0 Å². The molecule has 1 aromatic heterocycles. The van der Waals surface area contributed by atoms with Crippen molar-refractivity contribution in [2.75, 3.05) is 13.1 Å². The SMILES string of the molecule is Cc1c(Br)cccc1-c1noc(CN2CC[C@@H](O)C2)n1. The number of hydrogen-bond donors (Lipinski definition) is 1. The summed E-state index contributed by atoms with van der Waals surface area (Å²) in [5, 5.41) is 13.6. The van der Waals surface area contributed by atoms with E-state index in [4.69, 9.17) is 4.52 Å². The van der Waals surface area contributed by atoms with Gasteiger partial charge in [0.1, 0.15) is 0 Å². The van der Waals surface area contributed by atoms with Crippen LogP contribution in [0.3, 0.4) is 0 Å². The molecule has 3 rings (SSSR count). The second-order valence-corrected chi connectivity index (χ2v) is 5.96. The molecule has 1 aliphatic rings. The number of aliphatic hydroxyl groups excluding tert-OH is 1. The number of halogens is 1. The molecule has 2 aromatic rings. The largest absolute Gasteiger partial charge is 0.392 e. The van der Waals surface area contributed by atoms with Gasteiger partial charge in [-0.15, -0.1) is 0 Å². The van der Waals surface area contributed by atoms with Gasteiger partial charge < -0.3 is 9.63 Å². The van der Waals surface area contributed by atoms with Crippen LogP contribution in [-0.4, -0.2) is 39.3 Å². The number of nitrogens with zero attached hydrogens (tertiary/aromatic N) is 3. The highest BCUT2D eigenvalue weighted by molar-refractivity contribution is 9.10. The zero-order valence-electron chi connectivity index (χ0n) is 11.2. The van der Waals surface area contributed by atoms with Gasteiger partial charge in [0.25, 0.3) is 0 Å². The molecule has 0 spiro atoms. The molecule has 0 unspecified atom stereocenters. The topological polar surface area (TPSA) is 62.4 Å². The summed E-state index contributed by atoms with van der Waals surface area (Å²) in [6.45, 7) is 4.16. The van der Waals surface area contributed by atoms with Crippen molar-refractivity contribution >= 4 is 15.9 Å². The van der Waals surface area contributed by atoms with Crippen LogP contribution in [0.4, 0.5) is 0 Å². The highest BCUT2D eigenvalue weighted by Crippen LogP contribution is 2.26. The fraction of sp³-hybridized carbons (Fsp3) is 0.429. The molecular weight excluding hydrogens is 322 g/mol. The van der Waals surface area contributed by atoms with E-state index in [1.54, 1.807) is 0 Å². The van der Waals surface area contributed by atoms with Crippen LogP contribution in [-0.2, 0) is 6.54 Å². The first-order valence-corrected chi connectivity index (χ1v) is 7.41. The Labute approximate surface area is 125 Å². The summed E-state index contributed by atoms with van der Waals surface area (Å²) in [4.78, 5) is 6.57. The van der Waals surface area contributed by atoms with Crippen LogP contribution < -0.4 is 0 Å². The van der Waals surface area contributed by atoms with Crippen molar-refractivity contribution in [2.45, 2.75) is 26.0 Å². The Morgan fingerprint density at radius 3 is 3.10 bits per heavy atom. The summed E-state index contributed by atoms with van der Waals surface area (Å²) in [5.41, 5.74) is 2.06. The highest BCUT2D eigenvalue weighted by atomic mass is 79.9.